The zero-order valence-electron chi connectivity index (χ0n) is 18.9. The Morgan fingerprint density at radius 2 is 1.94 bits per heavy atom. The van der Waals surface area contributed by atoms with Crippen molar-refractivity contribution in [1.82, 2.24) is 4.57 Å². The van der Waals surface area contributed by atoms with Crippen molar-refractivity contribution >= 4 is 28.6 Å². The maximum atomic E-state index is 13.7. The molecular weight excluding hydrogens is 390 g/mol. The molecule has 0 bridgehead atoms. The Kier molecular flexibility index (Phi) is 5.56. The highest BCUT2D eigenvalue weighted by molar-refractivity contribution is 5.99. The van der Waals surface area contributed by atoms with Crippen molar-refractivity contribution in [2.45, 2.75) is 59.7 Å². The molecule has 1 aliphatic heterocycles. The minimum atomic E-state index is -0.415. The Labute approximate surface area is 183 Å². The molecule has 4 rings (SSSR count). The second-order valence-electron chi connectivity index (χ2n) is 8.15. The van der Waals surface area contributed by atoms with Crippen molar-refractivity contribution in [3.05, 3.63) is 59.4 Å². The number of carbonyl (C=O) groups excluding carboxylic acids is 2. The van der Waals surface area contributed by atoms with E-state index in [0.717, 1.165) is 35.5 Å². The number of aromatic nitrogens is 2. The summed E-state index contributed by atoms with van der Waals surface area (Å²) in [5.41, 5.74) is 4.57. The van der Waals surface area contributed by atoms with Crippen molar-refractivity contribution < 1.29 is 18.9 Å². The van der Waals surface area contributed by atoms with E-state index < -0.39 is 6.04 Å². The number of rotatable bonds is 5. The van der Waals surface area contributed by atoms with Crippen LogP contribution in [-0.4, -0.2) is 29.1 Å². The first-order chi connectivity index (χ1) is 14.9. The van der Waals surface area contributed by atoms with E-state index in [1.165, 1.54) is 5.56 Å². The van der Waals surface area contributed by atoms with Crippen molar-refractivity contribution in [2.24, 2.45) is 0 Å². The highest BCUT2D eigenvalue weighted by atomic mass is 16.5. The summed E-state index contributed by atoms with van der Waals surface area (Å²) in [6.45, 7) is 11.0. The van der Waals surface area contributed by atoms with Gasteiger partial charge in [-0.2, -0.15) is 0 Å². The lowest BCUT2D eigenvalue weighted by Gasteiger charge is -2.25. The maximum Gasteiger partial charge on any atom is 0.338 e. The predicted octanol–water partition coefficient (Wildman–Crippen LogP) is 3.97. The van der Waals surface area contributed by atoms with Crippen molar-refractivity contribution in [3.8, 4) is 0 Å². The van der Waals surface area contributed by atoms with E-state index in [1.807, 2.05) is 49.1 Å². The van der Waals surface area contributed by atoms with E-state index in [0.29, 0.717) is 12.2 Å². The van der Waals surface area contributed by atoms with Gasteiger partial charge in [0.05, 0.1) is 18.7 Å². The second kappa shape index (κ2) is 8.17. The van der Waals surface area contributed by atoms with Crippen LogP contribution in [-0.2, 0) is 22.5 Å². The molecule has 3 aromatic rings. The first-order valence-electron chi connectivity index (χ1n) is 11.0. The second-order valence-corrected chi connectivity index (χ2v) is 8.15. The first kappa shape index (κ1) is 21.1. The number of benzene rings is 2. The molecule has 0 radical (unpaired) electrons. The number of imidazole rings is 1. The number of hydrogen-bond donors (Lipinski definition) is 0. The van der Waals surface area contributed by atoms with Crippen LogP contribution in [0.25, 0.3) is 11.0 Å². The third-order valence-corrected chi connectivity index (χ3v) is 6.28. The monoisotopic (exact) mass is 420 g/mol. The van der Waals surface area contributed by atoms with Gasteiger partial charge in [0.25, 0.3) is 11.7 Å². The van der Waals surface area contributed by atoms with Gasteiger partial charge in [0.1, 0.15) is 0 Å². The third-order valence-electron chi connectivity index (χ3n) is 6.28. The number of hydrogen-bond acceptors (Lipinski definition) is 3. The largest absolute Gasteiger partial charge is 0.462 e. The number of amides is 1. The molecule has 2 aromatic carbocycles. The third kappa shape index (κ3) is 3.40. The van der Waals surface area contributed by atoms with Crippen LogP contribution in [0, 0.1) is 6.92 Å². The number of aryl methyl sites for hydroxylation is 1. The molecule has 1 aromatic heterocycles. The maximum absolute atomic E-state index is 13.7. The fourth-order valence-corrected chi connectivity index (χ4v) is 4.87. The van der Waals surface area contributed by atoms with Gasteiger partial charge in [0.2, 0.25) is 0 Å². The normalized spacial score (nSPS) is 16.4. The number of nitrogens with zero attached hydrogens (tertiary/aromatic N) is 3. The van der Waals surface area contributed by atoms with E-state index in [-0.39, 0.29) is 17.9 Å². The van der Waals surface area contributed by atoms with Crippen LogP contribution < -0.4 is 9.47 Å². The fourth-order valence-electron chi connectivity index (χ4n) is 4.87. The number of anilines is 1. The van der Waals surface area contributed by atoms with E-state index in [2.05, 4.69) is 29.0 Å². The molecule has 6 nitrogen and oxygen atoms in total. The smallest absolute Gasteiger partial charge is 0.338 e. The Morgan fingerprint density at radius 1 is 1.19 bits per heavy atom. The summed E-state index contributed by atoms with van der Waals surface area (Å²) in [6.07, 6.45) is 0.863. The quantitative estimate of drug-likeness (QED) is 0.464. The van der Waals surface area contributed by atoms with Gasteiger partial charge in [-0.15, -0.1) is 0 Å². The summed E-state index contributed by atoms with van der Waals surface area (Å²) in [5, 5.41) is 0. The first-order valence-corrected chi connectivity index (χ1v) is 11.0. The molecular formula is C25H30N3O3+. The molecule has 0 saturated carbocycles. The minimum absolute atomic E-state index is 0.0576. The van der Waals surface area contributed by atoms with Crippen molar-refractivity contribution in [2.75, 3.05) is 11.5 Å². The van der Waals surface area contributed by atoms with Crippen LogP contribution in [0.5, 0.6) is 0 Å². The fraction of sp³-hybridized carbons (Fsp3) is 0.400. The number of fused-ring (bicyclic) bond motifs is 2. The topological polar surface area (TPSA) is 55.4 Å². The zero-order valence-corrected chi connectivity index (χ0v) is 18.9. The van der Waals surface area contributed by atoms with Gasteiger partial charge in [-0.1, -0.05) is 18.2 Å². The van der Waals surface area contributed by atoms with E-state index in [4.69, 9.17) is 4.74 Å². The molecule has 0 fully saturated rings. The van der Waals surface area contributed by atoms with Gasteiger partial charge >= 0.3 is 5.97 Å². The van der Waals surface area contributed by atoms with Crippen LogP contribution in [0.1, 0.15) is 55.5 Å². The Balaban J connectivity index is 1.81. The molecule has 0 aliphatic carbocycles. The van der Waals surface area contributed by atoms with E-state index in [9.17, 15) is 9.59 Å². The van der Waals surface area contributed by atoms with E-state index >= 15 is 0 Å². The summed E-state index contributed by atoms with van der Waals surface area (Å²) in [7, 11) is 0. The van der Waals surface area contributed by atoms with Gasteiger partial charge in [0, 0.05) is 24.7 Å². The highest BCUT2D eigenvalue weighted by Crippen LogP contribution is 2.34. The summed E-state index contributed by atoms with van der Waals surface area (Å²) in [5.74, 6) is 0.695. The molecule has 0 N–H and O–H groups in total. The summed E-state index contributed by atoms with van der Waals surface area (Å²) in [4.78, 5) is 28.0. The van der Waals surface area contributed by atoms with E-state index in [1.54, 1.807) is 13.0 Å². The molecule has 1 aliphatic rings. The molecule has 0 spiro atoms. The average Bonchev–Trinajstić information content (AvgIpc) is 3.24. The van der Waals surface area contributed by atoms with Gasteiger partial charge < -0.3 is 9.64 Å². The molecule has 1 amide bonds. The van der Waals surface area contributed by atoms with Gasteiger partial charge in [-0.05, 0) is 57.9 Å². The van der Waals surface area contributed by atoms with Crippen LogP contribution in [0.3, 0.4) is 0 Å². The summed E-state index contributed by atoms with van der Waals surface area (Å²) in [6, 6.07) is 13.4. The minimum Gasteiger partial charge on any atom is -0.462 e. The number of para-hydroxylation sites is 1. The SMILES string of the molecule is CCOC(=O)c1ccc2c(c1)n([C@@H](C)C(=O)N1c3ccccc3C[C@H]1C)c(C)[n+]2CC. The van der Waals surface area contributed by atoms with Crippen LogP contribution in [0.15, 0.2) is 42.5 Å². The number of esters is 1. The molecule has 2 heterocycles. The number of ether oxygens (including phenoxy) is 1. The predicted molar refractivity (Wildman–Crippen MR) is 120 cm³/mol. The van der Waals surface area contributed by atoms with Gasteiger partial charge in [-0.3, -0.25) is 4.79 Å². The average molecular weight is 421 g/mol. The number of carbonyl (C=O) groups is 2. The molecule has 2 atom stereocenters. The molecule has 0 saturated heterocycles. The van der Waals surface area contributed by atoms with Crippen LogP contribution >= 0.6 is 0 Å². The Morgan fingerprint density at radius 3 is 2.65 bits per heavy atom. The van der Waals surface area contributed by atoms with Crippen LogP contribution in [0.4, 0.5) is 5.69 Å². The lowest BCUT2D eigenvalue weighted by Crippen LogP contribution is -2.41. The Hall–Kier alpha value is -3.15. The van der Waals surface area contributed by atoms with Gasteiger partial charge in [-0.25, -0.2) is 13.9 Å². The van der Waals surface area contributed by atoms with Gasteiger partial charge in [0.15, 0.2) is 17.1 Å². The zero-order chi connectivity index (χ0) is 22.3. The molecule has 0 unspecified atom stereocenters. The summed E-state index contributed by atoms with van der Waals surface area (Å²) < 4.78 is 9.42. The summed E-state index contributed by atoms with van der Waals surface area (Å²) >= 11 is 0. The molecule has 6 heteroatoms. The van der Waals surface area contributed by atoms with Crippen molar-refractivity contribution in [3.63, 3.8) is 0 Å². The van der Waals surface area contributed by atoms with Crippen LogP contribution in [0.2, 0.25) is 0 Å². The standard InChI is InChI=1S/C25H30N3O3/c1-6-26-18(5)28(23-15-20(12-13-22(23)26)25(30)31-7-2)17(4)24(29)27-16(3)14-19-10-8-9-11-21(19)27/h8-13,15-17H,6-7,14H2,1-5H3/q+1/t16-,17+/m1/s1. The highest BCUT2D eigenvalue weighted by Gasteiger charge is 2.37. The molecule has 31 heavy (non-hydrogen) atoms. The van der Waals surface area contributed by atoms with Crippen molar-refractivity contribution in [1.29, 1.82) is 0 Å². The Bertz CT molecular complexity index is 1160. The lowest BCUT2D eigenvalue weighted by atomic mass is 10.1. The lowest BCUT2D eigenvalue weighted by molar-refractivity contribution is -0.675. The molecule has 162 valence electrons.